The van der Waals surface area contributed by atoms with Crippen LogP contribution in [-0.2, 0) is 23.0 Å². The Balaban J connectivity index is 1.94. The van der Waals surface area contributed by atoms with Gasteiger partial charge in [-0.05, 0) is 36.6 Å². The zero-order valence-corrected chi connectivity index (χ0v) is 11.0. The molecule has 1 aromatic carbocycles. The predicted molar refractivity (Wildman–Crippen MR) is 66.1 cm³/mol. The highest BCUT2D eigenvalue weighted by Crippen LogP contribution is 2.37. The second kappa shape index (κ2) is 4.13. The van der Waals surface area contributed by atoms with Gasteiger partial charge < -0.3 is 9.47 Å². The van der Waals surface area contributed by atoms with Gasteiger partial charge in [-0.3, -0.25) is 0 Å². The van der Waals surface area contributed by atoms with E-state index in [1.807, 2.05) is 12.1 Å². The molecule has 0 radical (unpaired) electrons. The SMILES string of the molecule is CCS(=O)(=O)N1CCc2cc3c(cc2C1)OCO3. The Morgan fingerprint density at radius 3 is 2.56 bits per heavy atom. The van der Waals surface area contributed by atoms with E-state index in [0.29, 0.717) is 18.8 Å². The molecule has 0 unspecified atom stereocenters. The molecule has 0 fully saturated rings. The van der Waals surface area contributed by atoms with Crippen LogP contribution in [0.25, 0.3) is 0 Å². The molecule has 0 saturated carbocycles. The Hall–Kier alpha value is -1.27. The molecule has 0 spiro atoms. The van der Waals surface area contributed by atoms with E-state index >= 15 is 0 Å². The quantitative estimate of drug-likeness (QED) is 0.807. The molecule has 0 saturated heterocycles. The Bertz CT molecular complexity index is 582. The third kappa shape index (κ3) is 1.85. The van der Waals surface area contributed by atoms with Crippen molar-refractivity contribution < 1.29 is 17.9 Å². The minimum atomic E-state index is -3.12. The highest BCUT2D eigenvalue weighted by atomic mass is 32.2. The second-order valence-electron chi connectivity index (χ2n) is 4.46. The summed E-state index contributed by atoms with van der Waals surface area (Å²) >= 11 is 0. The van der Waals surface area contributed by atoms with Crippen LogP contribution >= 0.6 is 0 Å². The molecule has 0 aliphatic carbocycles. The maximum Gasteiger partial charge on any atom is 0.231 e. The van der Waals surface area contributed by atoms with Crippen LogP contribution in [0.5, 0.6) is 11.5 Å². The van der Waals surface area contributed by atoms with Crippen LogP contribution in [0, 0.1) is 0 Å². The predicted octanol–water partition coefficient (Wildman–Crippen LogP) is 1.12. The van der Waals surface area contributed by atoms with Gasteiger partial charge in [0.25, 0.3) is 0 Å². The molecule has 0 atom stereocenters. The number of hydrogen-bond donors (Lipinski definition) is 0. The molecule has 18 heavy (non-hydrogen) atoms. The van der Waals surface area contributed by atoms with Gasteiger partial charge in [0.2, 0.25) is 16.8 Å². The lowest BCUT2D eigenvalue weighted by molar-refractivity contribution is 0.174. The van der Waals surface area contributed by atoms with E-state index in [2.05, 4.69) is 0 Å². The van der Waals surface area contributed by atoms with Crippen LogP contribution in [0.1, 0.15) is 18.1 Å². The number of fused-ring (bicyclic) bond motifs is 2. The normalized spacial score (nSPS) is 18.7. The van der Waals surface area contributed by atoms with Crippen LogP contribution in [0.3, 0.4) is 0 Å². The number of benzene rings is 1. The number of hydrogen-bond acceptors (Lipinski definition) is 4. The lowest BCUT2D eigenvalue weighted by Crippen LogP contribution is -2.36. The maximum absolute atomic E-state index is 11.9. The van der Waals surface area contributed by atoms with Crippen molar-refractivity contribution in [1.82, 2.24) is 4.31 Å². The van der Waals surface area contributed by atoms with E-state index in [4.69, 9.17) is 9.47 Å². The average molecular weight is 269 g/mol. The molecule has 0 bridgehead atoms. The van der Waals surface area contributed by atoms with Gasteiger partial charge >= 0.3 is 0 Å². The molecule has 0 aromatic heterocycles. The number of ether oxygens (including phenoxy) is 2. The minimum Gasteiger partial charge on any atom is -0.454 e. The highest BCUT2D eigenvalue weighted by Gasteiger charge is 2.27. The Kier molecular flexibility index (Phi) is 2.71. The smallest absolute Gasteiger partial charge is 0.231 e. The molecule has 2 heterocycles. The largest absolute Gasteiger partial charge is 0.454 e. The summed E-state index contributed by atoms with van der Waals surface area (Å²) in [4.78, 5) is 0. The van der Waals surface area contributed by atoms with Gasteiger partial charge in [0.1, 0.15) is 0 Å². The van der Waals surface area contributed by atoms with E-state index in [1.54, 1.807) is 6.92 Å². The minimum absolute atomic E-state index is 0.146. The first-order valence-corrected chi connectivity index (χ1v) is 7.60. The van der Waals surface area contributed by atoms with Gasteiger partial charge in [-0.2, -0.15) is 4.31 Å². The molecular weight excluding hydrogens is 254 g/mol. The number of rotatable bonds is 2. The van der Waals surface area contributed by atoms with Gasteiger partial charge in [-0.25, -0.2) is 8.42 Å². The van der Waals surface area contributed by atoms with E-state index in [0.717, 1.165) is 23.3 Å². The van der Waals surface area contributed by atoms with E-state index < -0.39 is 10.0 Å². The average Bonchev–Trinajstić information content (AvgIpc) is 2.82. The van der Waals surface area contributed by atoms with Gasteiger partial charge in [-0.15, -0.1) is 0 Å². The summed E-state index contributed by atoms with van der Waals surface area (Å²) in [5, 5.41) is 0. The van der Waals surface area contributed by atoms with Crippen molar-refractivity contribution in [1.29, 1.82) is 0 Å². The van der Waals surface area contributed by atoms with Crippen molar-refractivity contribution in [2.45, 2.75) is 19.9 Å². The summed E-state index contributed by atoms with van der Waals surface area (Å²) in [7, 11) is -3.12. The van der Waals surface area contributed by atoms with Crippen molar-refractivity contribution >= 4 is 10.0 Å². The fourth-order valence-electron chi connectivity index (χ4n) is 2.34. The molecule has 5 nitrogen and oxygen atoms in total. The van der Waals surface area contributed by atoms with Crippen LogP contribution in [-0.4, -0.2) is 31.8 Å². The zero-order valence-electron chi connectivity index (χ0n) is 10.2. The fourth-order valence-corrected chi connectivity index (χ4v) is 3.41. The summed E-state index contributed by atoms with van der Waals surface area (Å²) in [5.41, 5.74) is 2.17. The monoisotopic (exact) mass is 269 g/mol. The Labute approximate surface area is 106 Å². The summed E-state index contributed by atoms with van der Waals surface area (Å²) in [6.45, 7) is 2.89. The molecule has 0 N–H and O–H groups in total. The van der Waals surface area contributed by atoms with Crippen molar-refractivity contribution in [3.63, 3.8) is 0 Å². The Morgan fingerprint density at radius 2 is 1.89 bits per heavy atom. The van der Waals surface area contributed by atoms with Crippen molar-refractivity contribution in [2.24, 2.45) is 0 Å². The highest BCUT2D eigenvalue weighted by molar-refractivity contribution is 7.89. The van der Waals surface area contributed by atoms with Crippen LogP contribution < -0.4 is 9.47 Å². The van der Waals surface area contributed by atoms with Gasteiger partial charge in [-0.1, -0.05) is 0 Å². The second-order valence-corrected chi connectivity index (χ2v) is 6.72. The molecule has 3 rings (SSSR count). The lowest BCUT2D eigenvalue weighted by atomic mass is 10.0. The van der Waals surface area contributed by atoms with Gasteiger partial charge in [0.15, 0.2) is 11.5 Å². The lowest BCUT2D eigenvalue weighted by Gasteiger charge is -2.27. The third-order valence-corrected chi connectivity index (χ3v) is 5.26. The first-order chi connectivity index (χ1) is 8.60. The third-order valence-electron chi connectivity index (χ3n) is 3.43. The van der Waals surface area contributed by atoms with Crippen LogP contribution in [0.2, 0.25) is 0 Å². The molecule has 2 aliphatic rings. The zero-order chi connectivity index (χ0) is 12.8. The number of sulfonamides is 1. The van der Waals surface area contributed by atoms with Crippen LogP contribution in [0.4, 0.5) is 0 Å². The van der Waals surface area contributed by atoms with Crippen LogP contribution in [0.15, 0.2) is 12.1 Å². The first-order valence-electron chi connectivity index (χ1n) is 5.99. The molecule has 2 aliphatic heterocycles. The van der Waals surface area contributed by atoms with E-state index in [1.165, 1.54) is 4.31 Å². The topological polar surface area (TPSA) is 55.8 Å². The maximum atomic E-state index is 11.9. The first kappa shape index (κ1) is 11.8. The Morgan fingerprint density at radius 1 is 1.22 bits per heavy atom. The summed E-state index contributed by atoms with van der Waals surface area (Å²) in [5.74, 6) is 1.62. The van der Waals surface area contributed by atoms with Crippen molar-refractivity contribution in [2.75, 3.05) is 19.1 Å². The number of nitrogens with zero attached hydrogens (tertiary/aromatic N) is 1. The van der Waals surface area contributed by atoms with Gasteiger partial charge in [0, 0.05) is 13.1 Å². The van der Waals surface area contributed by atoms with E-state index in [-0.39, 0.29) is 12.5 Å². The van der Waals surface area contributed by atoms with Crippen molar-refractivity contribution in [3.05, 3.63) is 23.3 Å². The van der Waals surface area contributed by atoms with Gasteiger partial charge in [0.05, 0.1) is 5.75 Å². The molecule has 0 amide bonds. The molecular formula is C12H15NO4S. The summed E-state index contributed by atoms with van der Waals surface area (Å²) < 4.78 is 35.9. The summed E-state index contributed by atoms with van der Waals surface area (Å²) in [6, 6.07) is 3.86. The summed E-state index contributed by atoms with van der Waals surface area (Å²) in [6.07, 6.45) is 0.727. The molecule has 6 heteroatoms. The molecule has 98 valence electrons. The molecule has 1 aromatic rings. The van der Waals surface area contributed by atoms with E-state index in [9.17, 15) is 8.42 Å². The standard InChI is InChI=1S/C12H15NO4S/c1-2-18(14,15)13-4-3-9-5-11-12(17-8-16-11)6-10(9)7-13/h5-6H,2-4,7-8H2,1H3. The fraction of sp³-hybridized carbons (Fsp3) is 0.500. The van der Waals surface area contributed by atoms with Crippen molar-refractivity contribution in [3.8, 4) is 11.5 Å².